The maximum absolute atomic E-state index is 13.5. The maximum atomic E-state index is 13.5. The Bertz CT molecular complexity index is 1740. The highest BCUT2D eigenvalue weighted by Crippen LogP contribution is 2.51. The number of fused-ring (bicyclic) bond motifs is 5. The molecule has 2 aromatic carbocycles. The number of oxime groups is 1. The van der Waals surface area contributed by atoms with Crippen molar-refractivity contribution in [2.24, 2.45) is 22.9 Å². The number of sulfonamides is 1. The summed E-state index contributed by atoms with van der Waals surface area (Å²) in [5, 5.41) is 4.49. The van der Waals surface area contributed by atoms with Crippen molar-refractivity contribution in [1.82, 2.24) is 9.62 Å². The Morgan fingerprint density at radius 1 is 1.13 bits per heavy atom. The van der Waals surface area contributed by atoms with Crippen molar-refractivity contribution in [1.29, 1.82) is 0 Å². The zero-order valence-corrected chi connectivity index (χ0v) is 29.2. The Labute approximate surface area is 283 Å². The monoisotopic (exact) mass is 680 g/mol. The molecule has 0 aromatic heterocycles. The second-order valence-electron chi connectivity index (χ2n) is 14.7. The van der Waals surface area contributed by atoms with Gasteiger partial charge in [-0.25, -0.2) is 13.1 Å². The van der Waals surface area contributed by atoms with E-state index in [1.54, 1.807) is 13.0 Å². The smallest absolute Gasteiger partial charge is 0.264 e. The molecule has 2 spiro atoms. The molecule has 6 atom stereocenters. The largest absolute Gasteiger partial charge is 0.490 e. The average molecular weight is 681 g/mol. The van der Waals surface area contributed by atoms with E-state index in [-0.39, 0.29) is 17.3 Å². The normalized spacial score (nSPS) is 33.7. The van der Waals surface area contributed by atoms with Gasteiger partial charge >= 0.3 is 0 Å². The minimum absolute atomic E-state index is 0.219. The Morgan fingerprint density at radius 2 is 1.96 bits per heavy atom. The van der Waals surface area contributed by atoms with Crippen LogP contribution in [0.2, 0.25) is 5.02 Å². The number of amides is 1. The Kier molecular flexibility index (Phi) is 8.26. The predicted molar refractivity (Wildman–Crippen MR) is 185 cm³/mol. The molecule has 5 aliphatic rings. The molecule has 1 saturated carbocycles. The van der Waals surface area contributed by atoms with Crippen LogP contribution in [0.3, 0.4) is 0 Å². The SMILES string of the molecule is C[C@@H]1[C@@H](C)C/C=C/[C@@]2(CC(N(C)C)=NO2)[C@@H]2CC[C@H]2CN2C[C@@]3(CCCc4cc(Cl)ccc43)COc3ccc(cc32)C(=O)NS1(=O)=O. The molecule has 9 nitrogen and oxygen atoms in total. The van der Waals surface area contributed by atoms with Crippen LogP contribution in [-0.4, -0.2) is 69.7 Å². The van der Waals surface area contributed by atoms with Crippen molar-refractivity contribution < 1.29 is 22.8 Å². The van der Waals surface area contributed by atoms with Crippen LogP contribution in [0, 0.1) is 17.8 Å². The van der Waals surface area contributed by atoms with E-state index in [0.717, 1.165) is 55.2 Å². The third-order valence-corrected chi connectivity index (χ3v) is 13.7. The second kappa shape index (κ2) is 12.0. The molecule has 1 amide bonds. The number of ether oxygens (including phenoxy) is 1. The Morgan fingerprint density at radius 3 is 2.70 bits per heavy atom. The van der Waals surface area contributed by atoms with E-state index >= 15 is 0 Å². The molecule has 1 fully saturated rings. The van der Waals surface area contributed by atoms with Gasteiger partial charge in [0.25, 0.3) is 5.91 Å². The molecule has 2 aromatic rings. The van der Waals surface area contributed by atoms with Crippen molar-refractivity contribution in [3.05, 3.63) is 70.3 Å². The zero-order chi connectivity index (χ0) is 33.1. The number of hydrogen-bond donors (Lipinski definition) is 1. The number of aryl methyl sites for hydroxylation is 1. The van der Waals surface area contributed by atoms with Crippen molar-refractivity contribution in [2.75, 3.05) is 38.7 Å². The summed E-state index contributed by atoms with van der Waals surface area (Å²) in [5.41, 5.74) is 2.78. The van der Waals surface area contributed by atoms with Gasteiger partial charge in [0.1, 0.15) is 11.6 Å². The van der Waals surface area contributed by atoms with Crippen LogP contribution in [-0.2, 0) is 26.7 Å². The molecule has 7 rings (SSSR count). The first-order valence-corrected chi connectivity index (χ1v) is 18.8. The van der Waals surface area contributed by atoms with E-state index in [9.17, 15) is 13.2 Å². The van der Waals surface area contributed by atoms with E-state index in [4.69, 9.17) is 21.2 Å². The number of halogens is 1. The summed E-state index contributed by atoms with van der Waals surface area (Å²) < 4.78 is 35.9. The third kappa shape index (κ3) is 5.79. The van der Waals surface area contributed by atoms with Gasteiger partial charge in [-0.05, 0) is 105 Å². The fourth-order valence-electron chi connectivity index (χ4n) is 8.33. The lowest BCUT2D eigenvalue weighted by Crippen LogP contribution is -2.52. The quantitative estimate of drug-likeness (QED) is 0.345. The number of hydrogen-bond acceptors (Lipinski definition) is 8. The van der Waals surface area contributed by atoms with E-state index in [1.165, 1.54) is 11.1 Å². The Hall–Kier alpha value is -3.24. The molecule has 3 aliphatic heterocycles. The summed E-state index contributed by atoms with van der Waals surface area (Å²) in [6.45, 7) is 5.53. The highest BCUT2D eigenvalue weighted by atomic mass is 35.5. The van der Waals surface area contributed by atoms with E-state index < -0.39 is 26.8 Å². The molecular weight excluding hydrogens is 636 g/mol. The van der Waals surface area contributed by atoms with Crippen molar-refractivity contribution in [2.45, 2.75) is 75.1 Å². The van der Waals surface area contributed by atoms with Crippen LogP contribution in [0.4, 0.5) is 5.69 Å². The van der Waals surface area contributed by atoms with Gasteiger partial charge in [0, 0.05) is 49.1 Å². The fourth-order valence-corrected chi connectivity index (χ4v) is 9.81. The first-order valence-electron chi connectivity index (χ1n) is 16.9. The number of anilines is 1. The number of carbonyl (C=O) groups is 1. The molecule has 252 valence electrons. The summed E-state index contributed by atoms with van der Waals surface area (Å²) >= 11 is 6.45. The highest BCUT2D eigenvalue weighted by molar-refractivity contribution is 7.90. The number of nitrogens with zero attached hydrogens (tertiary/aromatic N) is 3. The molecule has 1 N–H and O–H groups in total. The number of benzene rings is 2. The van der Waals surface area contributed by atoms with E-state index in [1.807, 2.05) is 44.1 Å². The first-order chi connectivity index (χ1) is 22.4. The molecule has 2 aliphatic carbocycles. The summed E-state index contributed by atoms with van der Waals surface area (Å²) in [4.78, 5) is 24.3. The molecule has 0 radical (unpaired) electrons. The van der Waals surface area contributed by atoms with Crippen LogP contribution >= 0.6 is 11.6 Å². The van der Waals surface area contributed by atoms with E-state index in [0.29, 0.717) is 43.2 Å². The summed E-state index contributed by atoms with van der Waals surface area (Å²) in [7, 11) is 0.0338. The predicted octanol–water partition coefficient (Wildman–Crippen LogP) is 5.92. The lowest BCUT2D eigenvalue weighted by atomic mass is 9.63. The van der Waals surface area contributed by atoms with E-state index in [2.05, 4.69) is 39.1 Å². The highest BCUT2D eigenvalue weighted by Gasteiger charge is 2.53. The van der Waals surface area contributed by atoms with Crippen molar-refractivity contribution >= 4 is 39.1 Å². The molecule has 2 bridgehead atoms. The summed E-state index contributed by atoms with van der Waals surface area (Å²) in [5.74, 6) is 1.28. The number of carbonyl (C=O) groups excluding carboxylic acids is 1. The second-order valence-corrected chi connectivity index (χ2v) is 17.1. The third-order valence-electron chi connectivity index (χ3n) is 11.5. The van der Waals surface area contributed by atoms with Crippen LogP contribution in [0.1, 0.15) is 73.9 Å². The lowest BCUT2D eigenvalue weighted by molar-refractivity contribution is -0.0783. The van der Waals surface area contributed by atoms with Crippen molar-refractivity contribution in [3.63, 3.8) is 0 Å². The fraction of sp³-hybridized carbons (Fsp3) is 0.556. The van der Waals surface area contributed by atoms with Gasteiger partial charge < -0.3 is 19.4 Å². The number of nitrogens with one attached hydrogen (secondary N) is 1. The molecule has 3 heterocycles. The topological polar surface area (TPSA) is 101 Å². The average Bonchev–Trinajstić information content (AvgIpc) is 3.38. The number of allylic oxidation sites excluding steroid dienone is 1. The van der Waals surface area contributed by atoms with Crippen LogP contribution < -0.4 is 14.4 Å². The zero-order valence-electron chi connectivity index (χ0n) is 27.7. The lowest BCUT2D eigenvalue weighted by Gasteiger charge is -2.48. The first kappa shape index (κ1) is 32.3. The molecule has 0 unspecified atom stereocenters. The maximum Gasteiger partial charge on any atom is 0.264 e. The summed E-state index contributed by atoms with van der Waals surface area (Å²) in [6.07, 6.45) is 10.4. The standard InChI is InChI=1S/C36H45ClN4O5S/c1-23-7-5-16-36(19-33(38-46-36)40(3)4)30-12-9-27(30)20-41-21-35(15-6-8-25-17-28(37)11-13-29(25)35)22-45-32-14-10-26(18-31(32)41)34(42)39-47(43,44)24(23)2/h5,10-11,13-14,16-18,23-24,27,30H,6-9,12,15,19-22H2,1-4H3,(H,39,42)/b16-5+/t23-,24+,27-,30+,35-,36+/m0/s1. The van der Waals surface area contributed by atoms with Crippen LogP contribution in [0.5, 0.6) is 5.75 Å². The molecule has 0 saturated heterocycles. The minimum Gasteiger partial charge on any atom is -0.490 e. The number of amidine groups is 1. The minimum atomic E-state index is -3.94. The molecule has 11 heteroatoms. The molecular formula is C36H45ClN4O5S. The van der Waals surface area contributed by atoms with Gasteiger partial charge in [-0.3, -0.25) is 4.79 Å². The Balaban J connectivity index is 1.32. The van der Waals surface area contributed by atoms with Gasteiger partial charge in [0.05, 0.1) is 24.0 Å². The van der Waals surface area contributed by atoms with Gasteiger partial charge in [0.2, 0.25) is 10.0 Å². The van der Waals surface area contributed by atoms with Gasteiger partial charge in [-0.2, -0.15) is 0 Å². The van der Waals surface area contributed by atoms with Gasteiger partial charge in [-0.15, -0.1) is 0 Å². The van der Waals surface area contributed by atoms with Gasteiger partial charge in [-0.1, -0.05) is 35.8 Å². The van der Waals surface area contributed by atoms with Gasteiger partial charge in [0.15, 0.2) is 5.60 Å². The summed E-state index contributed by atoms with van der Waals surface area (Å²) in [6, 6.07) is 11.5. The van der Waals surface area contributed by atoms with Crippen LogP contribution in [0.15, 0.2) is 53.7 Å². The number of rotatable bonds is 0. The van der Waals surface area contributed by atoms with Crippen molar-refractivity contribution in [3.8, 4) is 5.75 Å². The van der Waals surface area contributed by atoms with Crippen LogP contribution in [0.25, 0.3) is 0 Å². The molecule has 47 heavy (non-hydrogen) atoms.